The van der Waals surface area contributed by atoms with E-state index in [2.05, 4.69) is 22.7 Å². The second kappa shape index (κ2) is 7.12. The largest absolute Gasteiger partial charge is 0.408 e. The summed E-state index contributed by atoms with van der Waals surface area (Å²) in [6, 6.07) is 8.74. The molecule has 2 aliphatic heterocycles. The van der Waals surface area contributed by atoms with Gasteiger partial charge in [0.25, 0.3) is 10.0 Å². The van der Waals surface area contributed by atoms with Gasteiger partial charge in [-0.3, -0.25) is 4.98 Å². The van der Waals surface area contributed by atoms with Gasteiger partial charge in [-0.15, -0.1) is 0 Å². The van der Waals surface area contributed by atoms with Gasteiger partial charge in [-0.1, -0.05) is 13.0 Å². The fourth-order valence-electron chi connectivity index (χ4n) is 4.32. The molecule has 0 bridgehead atoms. The standard InChI is InChI=1S/C21H24N4O3S/c1-14-12-24-28-20-11-16(4-5-17(14)20)29(26,27)25-13-18(15-6-9-22-10-7-15)21-19(25)3-2-8-23-21/h2-5,8,11,13-15,22,24H,6-7,9-10,12H2,1H3. The van der Waals surface area contributed by atoms with Gasteiger partial charge < -0.3 is 10.2 Å². The molecular formula is C21H24N4O3S. The fourth-order valence-corrected chi connectivity index (χ4v) is 5.70. The first-order valence-corrected chi connectivity index (χ1v) is 11.5. The lowest BCUT2D eigenvalue weighted by molar-refractivity contribution is 0.168. The van der Waals surface area contributed by atoms with Crippen LogP contribution in [0.2, 0.25) is 0 Å². The molecule has 1 aromatic carbocycles. The van der Waals surface area contributed by atoms with E-state index in [1.165, 1.54) is 3.97 Å². The van der Waals surface area contributed by atoms with Gasteiger partial charge >= 0.3 is 0 Å². The number of aromatic nitrogens is 2. The molecule has 29 heavy (non-hydrogen) atoms. The van der Waals surface area contributed by atoms with Crippen LogP contribution in [0.3, 0.4) is 0 Å². The van der Waals surface area contributed by atoms with Crippen LogP contribution in [0.15, 0.2) is 47.6 Å². The van der Waals surface area contributed by atoms with Crippen molar-refractivity contribution in [1.29, 1.82) is 0 Å². The maximum atomic E-state index is 13.6. The summed E-state index contributed by atoms with van der Waals surface area (Å²) in [5, 5.41) is 3.36. The molecule has 2 aliphatic rings. The van der Waals surface area contributed by atoms with Crippen LogP contribution in [-0.4, -0.2) is 37.0 Å². The number of nitrogens with one attached hydrogen (secondary N) is 2. The van der Waals surface area contributed by atoms with Crippen LogP contribution in [-0.2, 0) is 10.0 Å². The van der Waals surface area contributed by atoms with Crippen molar-refractivity contribution in [3.8, 4) is 5.75 Å². The van der Waals surface area contributed by atoms with E-state index in [9.17, 15) is 8.42 Å². The molecule has 152 valence electrons. The molecule has 4 heterocycles. The molecule has 0 saturated carbocycles. The summed E-state index contributed by atoms with van der Waals surface area (Å²) in [6.07, 6.45) is 5.45. The van der Waals surface area contributed by atoms with E-state index in [0.29, 0.717) is 23.7 Å². The Kier molecular flexibility index (Phi) is 4.57. The van der Waals surface area contributed by atoms with Gasteiger partial charge in [0.2, 0.25) is 0 Å². The minimum absolute atomic E-state index is 0.213. The Hall–Kier alpha value is -2.42. The third kappa shape index (κ3) is 3.11. The van der Waals surface area contributed by atoms with Gasteiger partial charge in [-0.05, 0) is 50.0 Å². The smallest absolute Gasteiger partial charge is 0.268 e. The molecule has 8 heteroatoms. The van der Waals surface area contributed by atoms with Gasteiger partial charge in [0.1, 0.15) is 0 Å². The van der Waals surface area contributed by atoms with E-state index < -0.39 is 10.0 Å². The predicted molar refractivity (Wildman–Crippen MR) is 111 cm³/mol. The number of nitrogens with zero attached hydrogens (tertiary/aromatic N) is 2. The van der Waals surface area contributed by atoms with E-state index in [1.807, 2.05) is 12.1 Å². The van der Waals surface area contributed by atoms with E-state index in [0.717, 1.165) is 42.6 Å². The lowest BCUT2D eigenvalue weighted by Gasteiger charge is -2.23. The average molecular weight is 413 g/mol. The molecule has 1 atom stereocenters. The first kappa shape index (κ1) is 18.6. The molecule has 3 aromatic rings. The molecule has 0 radical (unpaired) electrons. The molecule has 1 fully saturated rings. The third-order valence-electron chi connectivity index (χ3n) is 5.98. The molecular weight excluding hydrogens is 388 g/mol. The minimum atomic E-state index is -3.78. The Morgan fingerprint density at radius 1 is 1.17 bits per heavy atom. The molecule has 0 spiro atoms. The number of hydroxylamine groups is 1. The van der Waals surface area contributed by atoms with Gasteiger partial charge in [0.05, 0.1) is 15.9 Å². The number of rotatable bonds is 3. The maximum Gasteiger partial charge on any atom is 0.268 e. The van der Waals surface area contributed by atoms with Crippen molar-refractivity contribution in [2.24, 2.45) is 0 Å². The Morgan fingerprint density at radius 2 is 2.00 bits per heavy atom. The number of piperidine rings is 1. The Bertz CT molecular complexity index is 1170. The van der Waals surface area contributed by atoms with Crippen molar-refractivity contribution in [3.05, 3.63) is 53.9 Å². The average Bonchev–Trinajstić information content (AvgIpc) is 3.15. The van der Waals surface area contributed by atoms with Crippen LogP contribution in [0.25, 0.3) is 11.0 Å². The maximum absolute atomic E-state index is 13.6. The zero-order valence-electron chi connectivity index (χ0n) is 16.3. The Morgan fingerprint density at radius 3 is 2.83 bits per heavy atom. The highest BCUT2D eigenvalue weighted by atomic mass is 32.2. The summed E-state index contributed by atoms with van der Waals surface area (Å²) in [6.45, 7) is 4.65. The summed E-state index contributed by atoms with van der Waals surface area (Å²) in [7, 11) is -3.78. The predicted octanol–water partition coefficient (Wildman–Crippen LogP) is 2.74. The monoisotopic (exact) mass is 412 g/mol. The number of hydrogen-bond acceptors (Lipinski definition) is 6. The van der Waals surface area contributed by atoms with Crippen molar-refractivity contribution >= 4 is 21.1 Å². The van der Waals surface area contributed by atoms with Crippen LogP contribution in [0.1, 0.15) is 42.7 Å². The van der Waals surface area contributed by atoms with Gasteiger partial charge in [-0.25, -0.2) is 12.4 Å². The van der Waals surface area contributed by atoms with Crippen molar-refractivity contribution < 1.29 is 13.3 Å². The first-order valence-electron chi connectivity index (χ1n) is 10.0. The molecule has 1 saturated heterocycles. The summed E-state index contributed by atoms with van der Waals surface area (Å²) in [4.78, 5) is 10.2. The zero-order chi connectivity index (χ0) is 20.0. The molecule has 1 unspecified atom stereocenters. The fraction of sp³-hybridized carbons (Fsp3) is 0.381. The lowest BCUT2D eigenvalue weighted by Crippen LogP contribution is -2.29. The van der Waals surface area contributed by atoms with Crippen molar-refractivity contribution in [1.82, 2.24) is 19.8 Å². The number of pyridine rings is 1. The summed E-state index contributed by atoms with van der Waals surface area (Å²) < 4.78 is 28.5. The van der Waals surface area contributed by atoms with Gasteiger partial charge in [0, 0.05) is 42.0 Å². The highest BCUT2D eigenvalue weighted by molar-refractivity contribution is 7.90. The van der Waals surface area contributed by atoms with E-state index in [1.54, 1.807) is 30.6 Å². The molecule has 7 nitrogen and oxygen atoms in total. The second-order valence-corrected chi connectivity index (χ2v) is 9.65. The van der Waals surface area contributed by atoms with Crippen molar-refractivity contribution in [3.63, 3.8) is 0 Å². The normalized spacial score (nSPS) is 20.4. The number of benzene rings is 1. The second-order valence-electron chi connectivity index (χ2n) is 7.83. The van der Waals surface area contributed by atoms with E-state index >= 15 is 0 Å². The summed E-state index contributed by atoms with van der Waals surface area (Å²) in [5.74, 6) is 1.14. The van der Waals surface area contributed by atoms with Crippen LogP contribution < -0.4 is 15.6 Å². The summed E-state index contributed by atoms with van der Waals surface area (Å²) in [5.41, 5.74) is 6.28. The highest BCUT2D eigenvalue weighted by Gasteiger charge is 2.28. The molecule has 5 rings (SSSR count). The van der Waals surface area contributed by atoms with Crippen molar-refractivity contribution in [2.75, 3.05) is 19.6 Å². The number of hydrogen-bond donors (Lipinski definition) is 2. The van der Waals surface area contributed by atoms with Crippen LogP contribution in [0, 0.1) is 0 Å². The topological polar surface area (TPSA) is 85.2 Å². The molecule has 2 N–H and O–H groups in total. The molecule has 0 amide bonds. The lowest BCUT2D eigenvalue weighted by atomic mass is 9.91. The summed E-state index contributed by atoms with van der Waals surface area (Å²) >= 11 is 0. The van der Waals surface area contributed by atoms with Crippen LogP contribution in [0.5, 0.6) is 5.75 Å². The Labute approximate surface area is 170 Å². The third-order valence-corrected chi connectivity index (χ3v) is 7.65. The number of fused-ring (bicyclic) bond motifs is 2. The van der Waals surface area contributed by atoms with Crippen molar-refractivity contribution in [2.45, 2.75) is 36.5 Å². The zero-order valence-corrected chi connectivity index (χ0v) is 17.1. The van der Waals surface area contributed by atoms with Gasteiger partial charge in [-0.2, -0.15) is 5.48 Å². The van der Waals surface area contributed by atoms with E-state index in [-0.39, 0.29) is 10.8 Å². The molecule has 0 aliphatic carbocycles. The minimum Gasteiger partial charge on any atom is -0.408 e. The Balaban J connectivity index is 1.63. The first-order chi connectivity index (χ1) is 14.1. The van der Waals surface area contributed by atoms with Gasteiger partial charge in [0.15, 0.2) is 5.75 Å². The quantitative estimate of drug-likeness (QED) is 0.688. The molecule has 2 aromatic heterocycles. The highest BCUT2D eigenvalue weighted by Crippen LogP contribution is 2.35. The SMILES string of the molecule is CC1CNOc2cc(S(=O)(=O)n3cc(C4CCNCC4)c4ncccc43)ccc21. The van der Waals surface area contributed by atoms with E-state index in [4.69, 9.17) is 4.84 Å². The van der Waals surface area contributed by atoms with Crippen LogP contribution in [0.4, 0.5) is 0 Å². The van der Waals surface area contributed by atoms with Crippen LogP contribution >= 0.6 is 0 Å².